The maximum absolute atomic E-state index is 11.7. The summed E-state index contributed by atoms with van der Waals surface area (Å²) in [4.78, 5) is 13.3. The van der Waals surface area contributed by atoms with Gasteiger partial charge in [0.2, 0.25) is 21.8 Å². The third-order valence-corrected chi connectivity index (χ3v) is 7.41. The van der Waals surface area contributed by atoms with Crippen molar-refractivity contribution < 1.29 is 27.4 Å². The van der Waals surface area contributed by atoms with Gasteiger partial charge in [-0.3, -0.25) is 0 Å². The zero-order chi connectivity index (χ0) is 23.5. The highest BCUT2D eigenvalue weighted by molar-refractivity contribution is 7.88. The van der Waals surface area contributed by atoms with E-state index in [0.29, 0.717) is 43.3 Å². The average Bonchev–Trinajstić information content (AvgIpc) is 3.45. The minimum absolute atomic E-state index is 0.0953. The summed E-state index contributed by atoms with van der Waals surface area (Å²) in [7, 11) is -1.71. The molecule has 2 aliphatic rings. The van der Waals surface area contributed by atoms with Gasteiger partial charge in [-0.1, -0.05) is 0 Å². The van der Waals surface area contributed by atoms with Gasteiger partial charge in [0.05, 0.1) is 38.1 Å². The Hall–Kier alpha value is -2.08. The number of nitrogens with zero attached hydrogens (tertiary/aromatic N) is 3. The van der Waals surface area contributed by atoms with Gasteiger partial charge >= 0.3 is 0 Å². The van der Waals surface area contributed by atoms with E-state index in [9.17, 15) is 13.5 Å². The van der Waals surface area contributed by atoms with Crippen molar-refractivity contribution >= 4 is 10.0 Å². The monoisotopic (exact) mass is 480 g/mol. The summed E-state index contributed by atoms with van der Waals surface area (Å²) in [6.07, 6.45) is 9.98. The van der Waals surface area contributed by atoms with Crippen molar-refractivity contribution in [1.82, 2.24) is 19.7 Å². The Labute approximate surface area is 194 Å². The molecule has 0 saturated heterocycles. The second-order valence-electron chi connectivity index (χ2n) is 9.15. The van der Waals surface area contributed by atoms with Crippen LogP contribution in [-0.4, -0.2) is 60.6 Å². The smallest absolute Gasteiger partial charge is 0.216 e. The number of aliphatic hydroxyl groups excluding tert-OH is 1. The van der Waals surface area contributed by atoms with Crippen molar-refractivity contribution in [2.24, 2.45) is 0 Å². The van der Waals surface area contributed by atoms with E-state index in [1.54, 1.807) is 19.4 Å². The summed E-state index contributed by atoms with van der Waals surface area (Å²) in [5.41, 5.74) is -0.0644. The number of sulfonamides is 1. The first kappa shape index (κ1) is 24.1. The molecule has 4 rings (SSSR count). The van der Waals surface area contributed by atoms with E-state index in [1.165, 1.54) is 12.5 Å². The number of methoxy groups -OCH3 is 1. The first-order valence-electron chi connectivity index (χ1n) is 11.3. The molecule has 11 heteroatoms. The highest BCUT2D eigenvalue weighted by Crippen LogP contribution is 2.42. The summed E-state index contributed by atoms with van der Waals surface area (Å²) in [5, 5.41) is 9.40. The highest BCUT2D eigenvalue weighted by atomic mass is 32.2. The van der Waals surface area contributed by atoms with Crippen LogP contribution in [0.25, 0.3) is 0 Å². The molecule has 33 heavy (non-hydrogen) atoms. The Bertz CT molecular complexity index is 1040. The molecule has 0 aliphatic heterocycles. The SMILES string of the molecule is COc1ccnc(C2CCC(OCC3(c4nc(CO)co4)CCC(NS(C)(=O)=O)C3)CC2)n1. The standard InChI is InChI=1S/C22H32N4O6S/c1-30-19-8-10-23-20(25-19)15-3-5-18(6-4-15)32-14-22(21-24-17(12-27)13-31-21)9-7-16(11-22)26-33(2,28)29/h8,10,13,15-16,18,26-27H,3-7,9,11-12,14H2,1-2H3. The molecule has 2 aromatic rings. The van der Waals surface area contributed by atoms with Gasteiger partial charge in [-0.15, -0.1) is 0 Å². The summed E-state index contributed by atoms with van der Waals surface area (Å²) < 4.78 is 43.5. The van der Waals surface area contributed by atoms with Crippen molar-refractivity contribution in [2.75, 3.05) is 20.0 Å². The van der Waals surface area contributed by atoms with Crippen LogP contribution in [0.15, 0.2) is 22.9 Å². The third-order valence-electron chi connectivity index (χ3n) is 6.65. The molecule has 182 valence electrons. The Morgan fingerprint density at radius 1 is 1.24 bits per heavy atom. The second kappa shape index (κ2) is 10.0. The molecule has 0 bridgehead atoms. The molecule has 0 spiro atoms. The van der Waals surface area contributed by atoms with Crippen molar-refractivity contribution in [3.8, 4) is 5.88 Å². The van der Waals surface area contributed by atoms with Crippen LogP contribution >= 0.6 is 0 Å². The molecule has 2 fully saturated rings. The van der Waals surface area contributed by atoms with Crippen LogP contribution in [0.5, 0.6) is 5.88 Å². The Morgan fingerprint density at radius 2 is 2.03 bits per heavy atom. The van der Waals surface area contributed by atoms with Gasteiger partial charge in [0.15, 0.2) is 0 Å². The van der Waals surface area contributed by atoms with Crippen LogP contribution < -0.4 is 9.46 Å². The van der Waals surface area contributed by atoms with Crippen LogP contribution in [-0.2, 0) is 26.8 Å². The molecule has 2 aromatic heterocycles. The van der Waals surface area contributed by atoms with E-state index in [4.69, 9.17) is 13.9 Å². The van der Waals surface area contributed by atoms with Crippen molar-refractivity contribution in [1.29, 1.82) is 0 Å². The van der Waals surface area contributed by atoms with Crippen molar-refractivity contribution in [2.45, 2.75) is 75.0 Å². The van der Waals surface area contributed by atoms with Crippen LogP contribution in [0.1, 0.15) is 68.3 Å². The number of oxazole rings is 1. The lowest BCUT2D eigenvalue weighted by Gasteiger charge is -2.32. The van der Waals surface area contributed by atoms with Gasteiger partial charge in [0.1, 0.15) is 17.8 Å². The molecule has 0 aromatic carbocycles. The lowest BCUT2D eigenvalue weighted by atomic mass is 9.85. The maximum atomic E-state index is 11.7. The van der Waals surface area contributed by atoms with Crippen LogP contribution in [0.4, 0.5) is 0 Å². The predicted molar refractivity (Wildman–Crippen MR) is 119 cm³/mol. The van der Waals surface area contributed by atoms with E-state index in [0.717, 1.165) is 31.5 Å². The molecule has 0 amide bonds. The van der Waals surface area contributed by atoms with Gasteiger partial charge in [0, 0.05) is 24.2 Å². The number of hydrogen-bond donors (Lipinski definition) is 2. The average molecular weight is 481 g/mol. The number of aromatic nitrogens is 3. The van der Waals surface area contributed by atoms with E-state index < -0.39 is 15.4 Å². The van der Waals surface area contributed by atoms with Gasteiger partial charge in [0.25, 0.3) is 0 Å². The summed E-state index contributed by atoms with van der Waals surface area (Å²) in [5.74, 6) is 2.17. The largest absolute Gasteiger partial charge is 0.481 e. The molecular weight excluding hydrogens is 448 g/mol. The first-order chi connectivity index (χ1) is 15.8. The van der Waals surface area contributed by atoms with Crippen molar-refractivity contribution in [3.63, 3.8) is 0 Å². The molecule has 2 atom stereocenters. The summed E-state index contributed by atoms with van der Waals surface area (Å²) in [6.45, 7) is 0.188. The fourth-order valence-corrected chi connectivity index (χ4v) is 5.78. The fraction of sp³-hybridized carbons (Fsp3) is 0.682. The highest BCUT2D eigenvalue weighted by Gasteiger charge is 2.46. The lowest BCUT2D eigenvalue weighted by Crippen LogP contribution is -2.37. The predicted octanol–water partition coefficient (Wildman–Crippen LogP) is 2.05. The van der Waals surface area contributed by atoms with E-state index in [1.807, 2.05) is 0 Å². The molecule has 10 nitrogen and oxygen atoms in total. The number of ether oxygens (including phenoxy) is 2. The van der Waals surface area contributed by atoms with Crippen LogP contribution in [0.2, 0.25) is 0 Å². The molecule has 2 heterocycles. The molecular formula is C22H32N4O6S. The van der Waals surface area contributed by atoms with Gasteiger partial charge in [-0.05, 0) is 44.9 Å². The van der Waals surface area contributed by atoms with E-state index in [2.05, 4.69) is 19.7 Å². The zero-order valence-electron chi connectivity index (χ0n) is 19.1. The molecule has 0 radical (unpaired) electrons. The first-order valence-corrected chi connectivity index (χ1v) is 13.2. The van der Waals surface area contributed by atoms with Gasteiger partial charge in [-0.25, -0.2) is 23.1 Å². The topological polar surface area (TPSA) is 137 Å². The Kier molecular flexibility index (Phi) is 7.32. The third kappa shape index (κ3) is 5.89. The lowest BCUT2D eigenvalue weighted by molar-refractivity contribution is -0.0104. The number of rotatable bonds is 9. The summed E-state index contributed by atoms with van der Waals surface area (Å²) >= 11 is 0. The quantitative estimate of drug-likeness (QED) is 0.552. The minimum atomic E-state index is -3.31. The molecule has 2 N–H and O–H groups in total. The van der Waals surface area contributed by atoms with E-state index in [-0.39, 0.29) is 24.7 Å². The molecule has 2 saturated carbocycles. The Balaban J connectivity index is 1.39. The fourth-order valence-electron chi connectivity index (χ4n) is 4.97. The van der Waals surface area contributed by atoms with Crippen LogP contribution in [0, 0.1) is 0 Å². The van der Waals surface area contributed by atoms with E-state index >= 15 is 0 Å². The molecule has 2 unspecified atom stereocenters. The summed E-state index contributed by atoms with van der Waals surface area (Å²) in [6, 6.07) is 1.55. The van der Waals surface area contributed by atoms with Gasteiger partial charge < -0.3 is 19.0 Å². The molecule has 2 aliphatic carbocycles. The van der Waals surface area contributed by atoms with Crippen molar-refractivity contribution in [3.05, 3.63) is 35.9 Å². The second-order valence-corrected chi connectivity index (χ2v) is 10.9. The normalized spacial score (nSPS) is 28.2. The maximum Gasteiger partial charge on any atom is 0.216 e. The number of nitrogens with one attached hydrogen (secondary N) is 1. The zero-order valence-corrected chi connectivity index (χ0v) is 19.9. The van der Waals surface area contributed by atoms with Crippen LogP contribution in [0.3, 0.4) is 0 Å². The Morgan fingerprint density at radius 3 is 2.70 bits per heavy atom. The minimum Gasteiger partial charge on any atom is -0.481 e. The van der Waals surface area contributed by atoms with Gasteiger partial charge in [-0.2, -0.15) is 4.98 Å². The number of hydrogen-bond acceptors (Lipinski definition) is 9. The number of aliphatic hydroxyl groups is 1.